The molecule has 1 fully saturated rings. The zero-order chi connectivity index (χ0) is 101. The molecule has 4 aliphatic rings. The summed E-state index contributed by atoms with van der Waals surface area (Å²) in [6.07, 6.45) is 12.2. The van der Waals surface area contributed by atoms with Gasteiger partial charge in [0.1, 0.15) is 149 Å². The van der Waals surface area contributed by atoms with E-state index in [-0.39, 0.29) is 25.7 Å². The number of carbonyl (C=O) groups excluding carboxylic acids is 4. The number of amides is 2. The Balaban J connectivity index is 0.000000278. The number of carboxylic acid groups (broad SMARTS) is 1. The van der Waals surface area contributed by atoms with Gasteiger partial charge in [-0.2, -0.15) is 0 Å². The van der Waals surface area contributed by atoms with Crippen molar-refractivity contribution >= 4 is 118 Å². The summed E-state index contributed by atoms with van der Waals surface area (Å²) in [4.78, 5) is 58.1. The van der Waals surface area contributed by atoms with Crippen LogP contribution in [0.25, 0.3) is 16.7 Å². The van der Waals surface area contributed by atoms with Gasteiger partial charge in [0.05, 0.1) is 217 Å². The molecule has 0 spiro atoms. The summed E-state index contributed by atoms with van der Waals surface area (Å²) in [6, 6.07) is 22.2. The summed E-state index contributed by atoms with van der Waals surface area (Å²) in [5.74, 6) is 8.17. The average molecular weight is 2230 g/mol. The van der Waals surface area contributed by atoms with Gasteiger partial charge in [-0.1, -0.05) is 0 Å². The normalized spacial score (nSPS) is 13.3. The number of nitrogens with one attached hydrogen (secondary N) is 1. The van der Waals surface area contributed by atoms with Crippen molar-refractivity contribution in [2.24, 2.45) is 0 Å². The number of allylic oxidation sites excluding steroid dienone is 7. The van der Waals surface area contributed by atoms with Crippen LogP contribution in [0.5, 0.6) is 80.5 Å². The van der Waals surface area contributed by atoms with E-state index in [0.29, 0.717) is 232 Å². The second-order valence-corrected chi connectivity index (χ2v) is 46.4. The molecule has 37 heteroatoms. The van der Waals surface area contributed by atoms with E-state index in [1.54, 1.807) is 186 Å². The molecule has 0 aromatic heterocycles. The number of imide groups is 1. The van der Waals surface area contributed by atoms with Crippen molar-refractivity contribution in [1.29, 1.82) is 0 Å². The predicted molar refractivity (Wildman–Crippen MR) is 536 cm³/mol. The number of hydroxylamine groups is 2. The number of hydrogen-bond donors (Lipinski definition) is 2. The summed E-state index contributed by atoms with van der Waals surface area (Å²) in [5, 5.41) is 12.8. The molecule has 1 aliphatic heterocycles. The number of halogens is 3. The van der Waals surface area contributed by atoms with Crippen LogP contribution in [-0.4, -0.2) is 286 Å². The van der Waals surface area contributed by atoms with Crippen LogP contribution in [0.1, 0.15) is 71.9 Å². The maximum absolute atomic E-state index is 12.4. The number of ketones is 1. The summed E-state index contributed by atoms with van der Waals surface area (Å²) in [5.41, 5.74) is 12.2. The molecule has 738 valence electrons. The van der Waals surface area contributed by atoms with E-state index in [0.717, 1.165) is 34.2 Å². The minimum atomic E-state index is -0.835. The van der Waals surface area contributed by atoms with Crippen LogP contribution in [0.15, 0.2) is 161 Å². The first kappa shape index (κ1) is 110. The molecule has 0 bridgehead atoms. The predicted octanol–water partition coefficient (Wildman–Crippen LogP) is 12.0. The van der Waals surface area contributed by atoms with E-state index in [9.17, 15) is 19.2 Å². The number of nitrogens with zero attached hydrogens (tertiary/aromatic N) is 6. The van der Waals surface area contributed by atoms with Gasteiger partial charge in [0.15, 0.2) is 0 Å². The minimum absolute atomic E-state index is 0.00323. The van der Waals surface area contributed by atoms with Gasteiger partial charge in [0.25, 0.3) is 18.9 Å². The number of anilines is 4. The first-order valence-corrected chi connectivity index (χ1v) is 54.7. The Bertz CT molecular complexity index is 5450. The van der Waals surface area contributed by atoms with Crippen molar-refractivity contribution < 1.29 is 151 Å². The molecule has 1 saturated heterocycles. The van der Waals surface area contributed by atoms with Crippen molar-refractivity contribution in [3.8, 4) is 80.5 Å². The summed E-state index contributed by atoms with van der Waals surface area (Å²) < 4.78 is 128. The third-order valence-electron chi connectivity index (χ3n) is 22.0. The molecule has 34 nitrogen and oxygen atoms in total. The molecule has 3 aliphatic carbocycles. The zero-order valence-corrected chi connectivity index (χ0v) is 89.4. The third-order valence-corrected chi connectivity index (χ3v) is 22.0. The first-order valence-electron chi connectivity index (χ1n) is 42.2. The first-order chi connectivity index (χ1) is 65.3. The number of ether oxygens (including phenoxy) is 20. The van der Waals surface area contributed by atoms with E-state index in [2.05, 4.69) is 42.5 Å². The van der Waals surface area contributed by atoms with E-state index < -0.39 is 23.8 Å². The molecule has 0 radical (unpaired) electrons. The van der Waals surface area contributed by atoms with Crippen molar-refractivity contribution in [3.05, 3.63) is 194 Å². The Hall–Kier alpha value is -12.5. The Kier molecular flexibility index (Phi) is 43.1. The molecule has 10 rings (SSSR count). The maximum atomic E-state index is 12.4. The second kappa shape index (κ2) is 53.1. The van der Waals surface area contributed by atoms with Crippen LogP contribution in [-0.2, 0) is 56.9 Å². The second-order valence-electron chi connectivity index (χ2n) is 30.2. The Morgan fingerprint density at radius 1 is 0.397 bits per heavy atom. The molecule has 0 unspecified atom stereocenters. The Labute approximate surface area is 826 Å². The molecule has 6 aromatic carbocycles. The Morgan fingerprint density at radius 3 is 0.934 bits per heavy atom. The molecular formula is C99H126I3N7O27+2. The van der Waals surface area contributed by atoms with Crippen LogP contribution < -0.4 is 99.6 Å². The molecule has 1 heterocycles. The van der Waals surface area contributed by atoms with Gasteiger partial charge in [-0.3, -0.25) is 18.8 Å². The monoisotopic (exact) mass is 2230 g/mol. The number of carboxylic acids is 1. The van der Waals surface area contributed by atoms with Gasteiger partial charge in [0.2, 0.25) is 11.4 Å². The Morgan fingerprint density at radius 2 is 0.676 bits per heavy atom. The van der Waals surface area contributed by atoms with Gasteiger partial charge >= 0.3 is 68.2 Å². The van der Waals surface area contributed by atoms with Gasteiger partial charge < -0.3 is 125 Å². The standard InChI is InChI=1S/C38H49N4O10.C33H43N3O8.C28H33O9.I3/c1-39(2)23-17-26(46-6)35(27(18-23)47-7)38(36-28(48-8)19-24(40(3)4)20-29(36)49-9)37-30(50-10)21-25(22-31(37)51-11)41(5)16-12-13-34(45)52-42-32(43)14-15-33(42)44;1-34-20-14-23(39-5)30(24(15-20)40-6)33(31-25(41-7)16-21(35(2)3)17-26(31)42-8)32-27(43-9)18-22(19-28(32)44-10)36(4)13-11-12-29(37)38;1-29-16-10-19(32-4)25(20(11-16)33-5)28(26-21(34-6)12-17(30-2)13-22(26)35-7)27-23(36-8)14-18(31-3)15-24(27)37-9;1-3-2/h17-22H,12-16H2,1-11H3;14-19H,11-13H2,1-10H3,(H,37,38);10-15H,1-9H3;/q+1;;+1;-1/p+1. The molecule has 0 saturated carbocycles. The van der Waals surface area contributed by atoms with Crippen molar-refractivity contribution in [2.45, 2.75) is 38.5 Å². The fourth-order valence-electron chi connectivity index (χ4n) is 15.1. The number of hydrogen-bond acceptors (Lipinski definition) is 29. The van der Waals surface area contributed by atoms with Crippen LogP contribution in [0.4, 0.5) is 22.7 Å². The topological polar surface area (TPSA) is 325 Å². The van der Waals surface area contributed by atoms with E-state index >= 15 is 0 Å². The molecule has 6 aromatic rings. The number of benzene rings is 6. The molecule has 2 N–H and O–H groups in total. The molecule has 136 heavy (non-hydrogen) atoms. The summed E-state index contributed by atoms with van der Waals surface area (Å²) >= 11 is 5.30. The van der Waals surface area contributed by atoms with Crippen molar-refractivity contribution in [2.75, 3.05) is 246 Å². The van der Waals surface area contributed by atoms with Crippen molar-refractivity contribution in [1.82, 2.24) is 5.06 Å². The number of rotatable bonds is 39. The fraction of sp³-hybridized carbons (Fsp3) is 0.384. The van der Waals surface area contributed by atoms with Gasteiger partial charge in [-0.05, 0) is 12.8 Å². The average Bonchev–Trinajstić information content (AvgIpc) is 0.871. The number of aliphatic carboxylic acids is 1. The van der Waals surface area contributed by atoms with Crippen LogP contribution in [0.3, 0.4) is 0 Å². The van der Waals surface area contributed by atoms with Crippen LogP contribution >= 0.6 is 37.2 Å². The number of methoxy groups -OCH3 is 20. The van der Waals surface area contributed by atoms with E-state index in [4.69, 9.17) is 109 Å². The molecule has 0 atom stereocenters. The van der Waals surface area contributed by atoms with Gasteiger partial charge in [-0.25, -0.2) is 13.9 Å². The van der Waals surface area contributed by atoms with Gasteiger partial charge in [-0.15, -0.1) is 5.06 Å². The van der Waals surface area contributed by atoms with Crippen LogP contribution in [0, 0.1) is 0 Å². The summed E-state index contributed by atoms with van der Waals surface area (Å²) in [6.45, 7) is 0.954. The molecule has 2 amide bonds. The van der Waals surface area contributed by atoms with Crippen LogP contribution in [0.2, 0.25) is 0 Å². The quantitative estimate of drug-likeness (QED) is 0.0119. The SMILES string of the molecule is CNc1cc(OC)c(C(=C2C(OC)=CC(=[N+](C)C)C=C2OC)c2c(OC)cc(N(C)CCCC(=O)O)cc2OC)c(OC)c1.COC1=CC(=[N+](C)C)C=C(OC)C1=C(c1c(OC)cc(N(C)C)cc1OC)c1c(OC)cc(N(C)CCCC(=O)ON2C(=O)CCC2=O)cc1OC.COC1=CC(=[O+]C)C(=C(c2c(OC)cc(OC)cc2OC)c2c(OC)cc(OC)cc2OC)C(OC)=C1.I[I-]I. The van der Waals surface area contributed by atoms with Gasteiger partial charge in [0, 0.05) is 192 Å². The molecular weight excluding hydrogens is 2100 g/mol. The van der Waals surface area contributed by atoms with E-state index in [1.165, 1.54) is 0 Å². The van der Waals surface area contributed by atoms with E-state index in [1.807, 2.05) is 160 Å². The van der Waals surface area contributed by atoms with Crippen molar-refractivity contribution in [3.63, 3.8) is 0 Å². The number of carbonyl (C=O) groups is 4. The third kappa shape index (κ3) is 26.0. The summed E-state index contributed by atoms with van der Waals surface area (Å²) in [7, 11) is 50.5. The fourth-order valence-corrected chi connectivity index (χ4v) is 15.1. The zero-order valence-electron chi connectivity index (χ0n) is 82.9.